The first-order valence-electron chi connectivity index (χ1n) is 7.50. The van der Waals surface area contributed by atoms with Crippen LogP contribution in [0.2, 0.25) is 0 Å². The number of sulfonamides is 1. The Morgan fingerprint density at radius 2 is 2.04 bits per heavy atom. The summed E-state index contributed by atoms with van der Waals surface area (Å²) in [6.45, 7) is 0.192. The number of alkyl halides is 3. The Morgan fingerprint density at radius 1 is 1.33 bits per heavy atom. The average molecular weight is 364 g/mol. The molecule has 1 amide bonds. The minimum atomic E-state index is -4.45. The largest absolute Gasteiger partial charge is 0.416 e. The monoisotopic (exact) mass is 364 g/mol. The molecule has 1 heterocycles. The third-order valence-electron chi connectivity index (χ3n) is 3.90. The second kappa shape index (κ2) is 7.10. The van der Waals surface area contributed by atoms with Crippen molar-refractivity contribution in [1.82, 2.24) is 9.62 Å². The summed E-state index contributed by atoms with van der Waals surface area (Å²) in [5.41, 5.74) is -0.482. The summed E-state index contributed by atoms with van der Waals surface area (Å²) in [6, 6.07) is 3.87. The fourth-order valence-electron chi connectivity index (χ4n) is 2.73. The number of nitrogens with one attached hydrogen (secondary N) is 1. The van der Waals surface area contributed by atoms with E-state index >= 15 is 0 Å². The summed E-state index contributed by atoms with van der Waals surface area (Å²) >= 11 is 0. The van der Waals surface area contributed by atoms with Gasteiger partial charge in [-0.1, -0.05) is 18.6 Å². The van der Waals surface area contributed by atoms with Crippen LogP contribution in [0, 0.1) is 0 Å². The molecule has 0 aromatic heterocycles. The van der Waals surface area contributed by atoms with Crippen LogP contribution < -0.4 is 5.32 Å². The minimum Gasteiger partial charge on any atom is -0.351 e. The van der Waals surface area contributed by atoms with Crippen LogP contribution in [0.4, 0.5) is 13.2 Å². The lowest BCUT2D eigenvalue weighted by Crippen LogP contribution is -2.51. The normalized spacial score (nSPS) is 19.9. The third kappa shape index (κ3) is 4.70. The molecule has 9 heteroatoms. The predicted molar refractivity (Wildman–Crippen MR) is 82.5 cm³/mol. The number of hydrogen-bond donors (Lipinski definition) is 1. The smallest absolute Gasteiger partial charge is 0.351 e. The number of benzene rings is 1. The average Bonchev–Trinajstić information content (AvgIpc) is 2.51. The van der Waals surface area contributed by atoms with Gasteiger partial charge in [0.25, 0.3) is 0 Å². The van der Waals surface area contributed by atoms with Crippen molar-refractivity contribution in [2.24, 2.45) is 0 Å². The Hall–Kier alpha value is -1.61. The number of hydrogen-bond acceptors (Lipinski definition) is 3. The number of carbonyl (C=O) groups excluding carboxylic acids is 1. The first kappa shape index (κ1) is 18.7. The Labute approximate surface area is 138 Å². The molecule has 1 atom stereocenters. The summed E-state index contributed by atoms with van der Waals surface area (Å²) in [4.78, 5) is 12.3. The van der Waals surface area contributed by atoms with Gasteiger partial charge in [0, 0.05) is 13.1 Å². The fourth-order valence-corrected chi connectivity index (χ4v) is 3.85. The standard InChI is InChI=1S/C15H19F3N2O3S/c1-24(22,23)20-8-3-2-7-13(20)14(21)19-10-11-5-4-6-12(9-11)15(16,17)18/h4-6,9,13H,2-3,7-8,10H2,1H3,(H,19,21). The first-order valence-corrected chi connectivity index (χ1v) is 9.34. The van der Waals surface area contributed by atoms with Crippen LogP contribution in [0.25, 0.3) is 0 Å². The molecular formula is C15H19F3N2O3S. The highest BCUT2D eigenvalue weighted by Gasteiger charge is 2.34. The second-order valence-electron chi connectivity index (χ2n) is 5.80. The maximum Gasteiger partial charge on any atom is 0.416 e. The van der Waals surface area contributed by atoms with Crippen LogP contribution in [-0.2, 0) is 27.5 Å². The van der Waals surface area contributed by atoms with Crippen molar-refractivity contribution >= 4 is 15.9 Å². The Morgan fingerprint density at radius 3 is 2.67 bits per heavy atom. The van der Waals surface area contributed by atoms with Crippen molar-refractivity contribution in [3.63, 3.8) is 0 Å². The molecule has 1 saturated heterocycles. The summed E-state index contributed by atoms with van der Waals surface area (Å²) in [5, 5.41) is 2.54. The molecule has 0 aliphatic carbocycles. The van der Waals surface area contributed by atoms with E-state index in [0.717, 1.165) is 29.1 Å². The minimum absolute atomic E-state index is 0.0865. The van der Waals surface area contributed by atoms with E-state index in [0.29, 0.717) is 18.4 Å². The zero-order valence-electron chi connectivity index (χ0n) is 13.1. The maximum atomic E-state index is 12.7. The van der Waals surface area contributed by atoms with Crippen molar-refractivity contribution in [3.8, 4) is 0 Å². The fraction of sp³-hybridized carbons (Fsp3) is 0.533. The van der Waals surface area contributed by atoms with Crippen molar-refractivity contribution in [1.29, 1.82) is 0 Å². The lowest BCUT2D eigenvalue weighted by atomic mass is 10.0. The highest BCUT2D eigenvalue weighted by molar-refractivity contribution is 7.88. The van der Waals surface area contributed by atoms with Crippen molar-refractivity contribution in [2.75, 3.05) is 12.8 Å². The molecule has 0 radical (unpaired) electrons. The lowest BCUT2D eigenvalue weighted by molar-refractivity contribution is -0.137. The van der Waals surface area contributed by atoms with Crippen LogP contribution in [0.5, 0.6) is 0 Å². The topological polar surface area (TPSA) is 66.5 Å². The SMILES string of the molecule is CS(=O)(=O)N1CCCCC1C(=O)NCc1cccc(C(F)(F)F)c1. The van der Waals surface area contributed by atoms with Gasteiger partial charge >= 0.3 is 6.18 Å². The van der Waals surface area contributed by atoms with E-state index in [1.807, 2.05) is 0 Å². The highest BCUT2D eigenvalue weighted by atomic mass is 32.2. The molecule has 1 N–H and O–H groups in total. The van der Waals surface area contributed by atoms with E-state index in [9.17, 15) is 26.4 Å². The van der Waals surface area contributed by atoms with Crippen LogP contribution in [0.3, 0.4) is 0 Å². The molecule has 1 fully saturated rings. The number of halogens is 3. The highest BCUT2D eigenvalue weighted by Crippen LogP contribution is 2.29. The third-order valence-corrected chi connectivity index (χ3v) is 5.19. The molecule has 0 spiro atoms. The van der Waals surface area contributed by atoms with Gasteiger partial charge in [0.1, 0.15) is 6.04 Å². The summed E-state index contributed by atoms with van der Waals surface area (Å²) in [5.74, 6) is -0.488. The quantitative estimate of drug-likeness (QED) is 0.890. The molecule has 134 valence electrons. The summed E-state index contributed by atoms with van der Waals surface area (Å²) in [6.07, 6.45) is -1.58. The van der Waals surface area contributed by atoms with Gasteiger partial charge in [0.2, 0.25) is 15.9 Å². The number of rotatable bonds is 4. The predicted octanol–water partition coefficient (Wildman–Crippen LogP) is 2.14. The van der Waals surface area contributed by atoms with Crippen LogP contribution >= 0.6 is 0 Å². The molecule has 1 aromatic carbocycles. The first-order chi connectivity index (χ1) is 11.1. The van der Waals surface area contributed by atoms with Crippen molar-refractivity contribution in [3.05, 3.63) is 35.4 Å². The van der Waals surface area contributed by atoms with E-state index in [1.165, 1.54) is 12.1 Å². The molecule has 2 rings (SSSR count). The Bertz CT molecular complexity index is 704. The van der Waals surface area contributed by atoms with E-state index in [1.54, 1.807) is 0 Å². The van der Waals surface area contributed by atoms with Gasteiger partial charge in [0.05, 0.1) is 11.8 Å². The number of carbonyl (C=O) groups is 1. The van der Waals surface area contributed by atoms with Gasteiger partial charge in [-0.3, -0.25) is 4.79 Å². The van der Waals surface area contributed by atoms with Crippen LogP contribution in [-0.4, -0.2) is 37.5 Å². The Balaban J connectivity index is 2.05. The van der Waals surface area contributed by atoms with Crippen LogP contribution in [0.1, 0.15) is 30.4 Å². The lowest BCUT2D eigenvalue weighted by Gasteiger charge is -2.32. The van der Waals surface area contributed by atoms with E-state index < -0.39 is 33.7 Å². The van der Waals surface area contributed by atoms with Crippen molar-refractivity contribution < 1.29 is 26.4 Å². The molecule has 24 heavy (non-hydrogen) atoms. The van der Waals surface area contributed by atoms with Gasteiger partial charge in [-0.2, -0.15) is 17.5 Å². The molecule has 5 nitrogen and oxygen atoms in total. The molecule has 1 aliphatic rings. The van der Waals surface area contributed by atoms with E-state index in [-0.39, 0.29) is 13.1 Å². The zero-order valence-corrected chi connectivity index (χ0v) is 14.0. The molecule has 1 aromatic rings. The molecule has 0 saturated carbocycles. The van der Waals surface area contributed by atoms with E-state index in [4.69, 9.17) is 0 Å². The van der Waals surface area contributed by atoms with Gasteiger partial charge in [-0.05, 0) is 30.5 Å². The molecule has 1 aliphatic heterocycles. The number of piperidine rings is 1. The summed E-state index contributed by atoms with van der Waals surface area (Å²) in [7, 11) is -3.51. The maximum absolute atomic E-state index is 12.7. The van der Waals surface area contributed by atoms with Gasteiger partial charge in [-0.15, -0.1) is 0 Å². The number of amides is 1. The Kier molecular flexibility index (Phi) is 5.54. The second-order valence-corrected chi connectivity index (χ2v) is 7.74. The van der Waals surface area contributed by atoms with Gasteiger partial charge in [-0.25, -0.2) is 8.42 Å². The molecule has 1 unspecified atom stereocenters. The van der Waals surface area contributed by atoms with E-state index in [2.05, 4.69) is 5.32 Å². The van der Waals surface area contributed by atoms with Crippen molar-refractivity contribution in [2.45, 2.75) is 38.0 Å². The molecule has 0 bridgehead atoms. The summed E-state index contributed by atoms with van der Waals surface area (Å²) < 4.78 is 62.7. The van der Waals surface area contributed by atoms with Gasteiger partial charge in [0.15, 0.2) is 0 Å². The number of nitrogens with zero attached hydrogens (tertiary/aromatic N) is 1. The van der Waals surface area contributed by atoms with Gasteiger partial charge < -0.3 is 5.32 Å². The molecular weight excluding hydrogens is 345 g/mol. The van der Waals surface area contributed by atoms with Crippen LogP contribution in [0.15, 0.2) is 24.3 Å². The zero-order chi connectivity index (χ0) is 18.0.